The summed E-state index contributed by atoms with van der Waals surface area (Å²) in [5.74, 6) is 1.42. The minimum atomic E-state index is 0.126. The van der Waals surface area contributed by atoms with E-state index in [0.29, 0.717) is 18.8 Å². The van der Waals surface area contributed by atoms with Crippen LogP contribution in [0.2, 0.25) is 0 Å². The van der Waals surface area contributed by atoms with Gasteiger partial charge >= 0.3 is 0 Å². The average molecular weight is 295 g/mol. The molecule has 2 aromatic rings. The van der Waals surface area contributed by atoms with Crippen LogP contribution in [0.25, 0.3) is 0 Å². The first-order chi connectivity index (χ1) is 10.7. The van der Waals surface area contributed by atoms with Gasteiger partial charge in [0.05, 0.1) is 18.6 Å². The standard InChI is InChI=1S/C19H21NO2/c1-3-15(2)22-18-10-9-16(11-12-20)13-19(18)21-14-17-7-5-4-6-8-17/h4-10,13,15H,3,11,14H2,1-2H3. The Morgan fingerprint density at radius 2 is 1.82 bits per heavy atom. The summed E-state index contributed by atoms with van der Waals surface area (Å²) in [6, 6.07) is 17.9. The van der Waals surface area contributed by atoms with Crippen molar-refractivity contribution in [3.63, 3.8) is 0 Å². The first-order valence-electron chi connectivity index (χ1n) is 7.56. The number of nitriles is 1. The predicted octanol–water partition coefficient (Wildman–Crippen LogP) is 4.51. The van der Waals surface area contributed by atoms with Gasteiger partial charge in [0.2, 0.25) is 0 Å². The van der Waals surface area contributed by atoms with Crippen LogP contribution < -0.4 is 9.47 Å². The van der Waals surface area contributed by atoms with E-state index in [0.717, 1.165) is 23.3 Å². The predicted molar refractivity (Wildman–Crippen MR) is 86.9 cm³/mol. The molecule has 0 aromatic heterocycles. The topological polar surface area (TPSA) is 42.2 Å². The molecule has 0 spiro atoms. The molecule has 0 heterocycles. The van der Waals surface area contributed by atoms with Gasteiger partial charge in [-0.15, -0.1) is 0 Å². The minimum Gasteiger partial charge on any atom is -0.487 e. The van der Waals surface area contributed by atoms with Crippen LogP contribution in [-0.4, -0.2) is 6.10 Å². The van der Waals surface area contributed by atoms with Gasteiger partial charge in [0.1, 0.15) is 6.61 Å². The lowest BCUT2D eigenvalue weighted by Gasteiger charge is -2.17. The molecule has 2 rings (SSSR count). The molecule has 0 aliphatic heterocycles. The number of hydrogen-bond acceptors (Lipinski definition) is 3. The van der Waals surface area contributed by atoms with E-state index < -0.39 is 0 Å². The van der Waals surface area contributed by atoms with Crippen molar-refractivity contribution in [1.82, 2.24) is 0 Å². The Kier molecular flexibility index (Phi) is 5.85. The fourth-order valence-electron chi connectivity index (χ4n) is 2.00. The summed E-state index contributed by atoms with van der Waals surface area (Å²) in [4.78, 5) is 0. The van der Waals surface area contributed by atoms with E-state index in [1.54, 1.807) is 0 Å². The Labute approximate surface area is 132 Å². The van der Waals surface area contributed by atoms with Crippen LogP contribution in [0.5, 0.6) is 11.5 Å². The van der Waals surface area contributed by atoms with Crippen LogP contribution in [0.4, 0.5) is 0 Å². The molecule has 0 saturated heterocycles. The Balaban J connectivity index is 2.17. The molecule has 1 unspecified atom stereocenters. The van der Waals surface area contributed by atoms with E-state index in [2.05, 4.69) is 13.0 Å². The molecule has 0 fully saturated rings. The zero-order valence-corrected chi connectivity index (χ0v) is 13.1. The number of ether oxygens (including phenoxy) is 2. The average Bonchev–Trinajstić information content (AvgIpc) is 2.56. The fourth-order valence-corrected chi connectivity index (χ4v) is 2.00. The van der Waals surface area contributed by atoms with Gasteiger partial charge in [-0.1, -0.05) is 43.3 Å². The molecule has 2 aromatic carbocycles. The smallest absolute Gasteiger partial charge is 0.162 e. The molecule has 0 amide bonds. The van der Waals surface area contributed by atoms with Crippen molar-refractivity contribution in [3.05, 3.63) is 59.7 Å². The second-order valence-electron chi connectivity index (χ2n) is 5.23. The van der Waals surface area contributed by atoms with E-state index in [4.69, 9.17) is 14.7 Å². The molecule has 0 bridgehead atoms. The normalized spacial score (nSPS) is 11.5. The summed E-state index contributed by atoms with van der Waals surface area (Å²) < 4.78 is 11.8. The molecule has 114 valence electrons. The van der Waals surface area contributed by atoms with Crippen LogP contribution in [0.3, 0.4) is 0 Å². The van der Waals surface area contributed by atoms with Gasteiger partial charge in [0.15, 0.2) is 11.5 Å². The van der Waals surface area contributed by atoms with Crippen molar-refractivity contribution >= 4 is 0 Å². The van der Waals surface area contributed by atoms with Gasteiger partial charge in [0, 0.05) is 0 Å². The van der Waals surface area contributed by atoms with Crippen molar-refractivity contribution in [3.8, 4) is 17.6 Å². The van der Waals surface area contributed by atoms with E-state index >= 15 is 0 Å². The zero-order chi connectivity index (χ0) is 15.8. The van der Waals surface area contributed by atoms with E-state index in [1.807, 2.05) is 55.5 Å². The highest BCUT2D eigenvalue weighted by molar-refractivity contribution is 5.44. The molecule has 0 aliphatic carbocycles. The molecule has 0 radical (unpaired) electrons. The minimum absolute atomic E-state index is 0.126. The summed E-state index contributed by atoms with van der Waals surface area (Å²) in [5, 5.41) is 8.85. The highest BCUT2D eigenvalue weighted by Gasteiger charge is 2.10. The van der Waals surface area contributed by atoms with Crippen molar-refractivity contribution in [2.24, 2.45) is 0 Å². The molecular weight excluding hydrogens is 274 g/mol. The van der Waals surface area contributed by atoms with Gasteiger partial charge in [-0.2, -0.15) is 5.26 Å². The van der Waals surface area contributed by atoms with Crippen LogP contribution in [-0.2, 0) is 13.0 Å². The summed E-state index contributed by atoms with van der Waals surface area (Å²) in [7, 11) is 0. The third kappa shape index (κ3) is 4.53. The highest BCUT2D eigenvalue weighted by atomic mass is 16.5. The second-order valence-corrected chi connectivity index (χ2v) is 5.23. The van der Waals surface area contributed by atoms with Gasteiger partial charge in [-0.05, 0) is 36.6 Å². The van der Waals surface area contributed by atoms with E-state index in [1.165, 1.54) is 0 Å². The monoisotopic (exact) mass is 295 g/mol. The lowest BCUT2D eigenvalue weighted by Crippen LogP contribution is -2.11. The van der Waals surface area contributed by atoms with Crippen LogP contribution >= 0.6 is 0 Å². The van der Waals surface area contributed by atoms with Crippen molar-refractivity contribution in [1.29, 1.82) is 5.26 Å². The molecular formula is C19H21NO2. The van der Waals surface area contributed by atoms with Crippen LogP contribution in [0.1, 0.15) is 31.4 Å². The third-order valence-electron chi connectivity index (χ3n) is 3.43. The SMILES string of the molecule is CCC(C)Oc1ccc(CC#N)cc1OCc1ccccc1. The maximum Gasteiger partial charge on any atom is 0.162 e. The number of nitrogens with zero attached hydrogens (tertiary/aromatic N) is 1. The van der Waals surface area contributed by atoms with Gasteiger partial charge in [-0.25, -0.2) is 0 Å². The Morgan fingerprint density at radius 3 is 2.50 bits per heavy atom. The molecule has 0 N–H and O–H groups in total. The maximum atomic E-state index is 8.85. The van der Waals surface area contributed by atoms with Crippen LogP contribution in [0.15, 0.2) is 48.5 Å². The molecule has 3 nitrogen and oxygen atoms in total. The molecule has 3 heteroatoms. The van der Waals surface area contributed by atoms with E-state index in [9.17, 15) is 0 Å². The lowest BCUT2D eigenvalue weighted by atomic mass is 10.1. The number of benzene rings is 2. The van der Waals surface area contributed by atoms with E-state index in [-0.39, 0.29) is 6.10 Å². The highest BCUT2D eigenvalue weighted by Crippen LogP contribution is 2.30. The zero-order valence-electron chi connectivity index (χ0n) is 13.1. The number of rotatable bonds is 7. The molecule has 22 heavy (non-hydrogen) atoms. The van der Waals surface area contributed by atoms with Gasteiger partial charge in [-0.3, -0.25) is 0 Å². The lowest BCUT2D eigenvalue weighted by molar-refractivity contribution is 0.199. The third-order valence-corrected chi connectivity index (χ3v) is 3.43. The Hall–Kier alpha value is -2.47. The fraction of sp³-hybridized carbons (Fsp3) is 0.316. The molecule has 0 aliphatic rings. The summed E-state index contributed by atoms with van der Waals surface area (Å²) in [6.07, 6.45) is 1.42. The first kappa shape index (κ1) is 15.9. The maximum absolute atomic E-state index is 8.85. The van der Waals surface area contributed by atoms with Gasteiger partial charge < -0.3 is 9.47 Å². The largest absolute Gasteiger partial charge is 0.487 e. The Morgan fingerprint density at radius 1 is 1.05 bits per heavy atom. The van der Waals surface area contributed by atoms with Crippen LogP contribution in [0, 0.1) is 11.3 Å². The summed E-state index contributed by atoms with van der Waals surface area (Å²) in [5.41, 5.74) is 2.03. The Bertz CT molecular complexity index is 632. The number of hydrogen-bond donors (Lipinski definition) is 0. The molecule has 1 atom stereocenters. The first-order valence-corrected chi connectivity index (χ1v) is 7.56. The summed E-state index contributed by atoms with van der Waals surface area (Å²) >= 11 is 0. The van der Waals surface area contributed by atoms with Crippen molar-refractivity contribution in [2.45, 2.75) is 39.4 Å². The van der Waals surface area contributed by atoms with Crippen molar-refractivity contribution in [2.75, 3.05) is 0 Å². The van der Waals surface area contributed by atoms with Gasteiger partial charge in [0.25, 0.3) is 0 Å². The second kappa shape index (κ2) is 8.09. The molecule has 0 saturated carbocycles. The van der Waals surface area contributed by atoms with Crippen molar-refractivity contribution < 1.29 is 9.47 Å². The summed E-state index contributed by atoms with van der Waals surface area (Å²) in [6.45, 7) is 4.59. The quantitative estimate of drug-likeness (QED) is 0.754.